The molecule has 0 aliphatic rings. The maximum Gasteiger partial charge on any atom is 0.309 e. The molecule has 1 aromatic carbocycles. The molecular formula is C19H25N3O4S2. The molecular weight excluding hydrogens is 398 g/mol. The van der Waals surface area contributed by atoms with Crippen molar-refractivity contribution in [2.75, 3.05) is 33.7 Å². The van der Waals surface area contributed by atoms with Crippen LogP contribution in [0.1, 0.15) is 16.4 Å². The van der Waals surface area contributed by atoms with E-state index in [0.29, 0.717) is 18.7 Å². The van der Waals surface area contributed by atoms with Crippen molar-refractivity contribution in [1.82, 2.24) is 15.5 Å². The number of aryl methyl sites for hydroxylation is 1. The van der Waals surface area contributed by atoms with Crippen LogP contribution in [0.3, 0.4) is 0 Å². The van der Waals surface area contributed by atoms with Crippen LogP contribution in [0.5, 0.6) is 0 Å². The van der Waals surface area contributed by atoms with E-state index < -0.39 is 26.9 Å². The fourth-order valence-corrected chi connectivity index (χ4v) is 5.36. The molecule has 0 unspecified atom stereocenters. The Hall–Kier alpha value is -2.23. The zero-order chi connectivity index (χ0) is 20.7. The quantitative estimate of drug-likeness (QED) is 0.625. The molecule has 0 radical (unpaired) electrons. The van der Waals surface area contributed by atoms with Gasteiger partial charge in [0.05, 0.1) is 0 Å². The van der Waals surface area contributed by atoms with E-state index in [4.69, 9.17) is 0 Å². The van der Waals surface area contributed by atoms with Crippen molar-refractivity contribution in [2.45, 2.75) is 16.4 Å². The molecule has 152 valence electrons. The van der Waals surface area contributed by atoms with Crippen LogP contribution in [-0.2, 0) is 19.4 Å². The molecule has 0 saturated heterocycles. The average Bonchev–Trinajstić information content (AvgIpc) is 3.18. The third-order valence-electron chi connectivity index (χ3n) is 4.10. The molecule has 0 saturated carbocycles. The molecule has 1 heterocycles. The molecule has 1 atom stereocenters. The van der Waals surface area contributed by atoms with Gasteiger partial charge in [-0.1, -0.05) is 35.9 Å². The summed E-state index contributed by atoms with van der Waals surface area (Å²) in [4.78, 5) is 25.9. The van der Waals surface area contributed by atoms with Gasteiger partial charge in [0.2, 0.25) is 0 Å². The lowest BCUT2D eigenvalue weighted by Crippen LogP contribution is -2.43. The van der Waals surface area contributed by atoms with Crippen LogP contribution in [0.15, 0.2) is 46.0 Å². The lowest BCUT2D eigenvalue weighted by molar-refractivity contribution is -0.139. The van der Waals surface area contributed by atoms with E-state index in [9.17, 15) is 18.0 Å². The Labute approximate surface area is 169 Å². The third kappa shape index (κ3) is 5.88. The zero-order valence-corrected chi connectivity index (χ0v) is 17.8. The normalized spacial score (nSPS) is 12.6. The van der Waals surface area contributed by atoms with Crippen molar-refractivity contribution < 1.29 is 18.0 Å². The molecule has 0 fully saturated rings. The summed E-state index contributed by atoms with van der Waals surface area (Å²) in [5, 5.41) is 5.68. The second kappa shape index (κ2) is 9.81. The Bertz CT molecular complexity index is 892. The number of likely N-dealkylation sites (N-methyl/N-ethyl adjacent to an activating group) is 1. The van der Waals surface area contributed by atoms with Crippen molar-refractivity contribution >= 4 is 33.0 Å². The highest BCUT2D eigenvalue weighted by atomic mass is 32.2. The predicted octanol–water partition coefficient (Wildman–Crippen LogP) is 1.37. The first-order valence-electron chi connectivity index (χ1n) is 8.76. The van der Waals surface area contributed by atoms with Crippen LogP contribution in [0.25, 0.3) is 0 Å². The first kappa shape index (κ1) is 22.1. The monoisotopic (exact) mass is 423 g/mol. The molecule has 2 amide bonds. The van der Waals surface area contributed by atoms with Crippen LogP contribution in [-0.4, -0.2) is 58.9 Å². The van der Waals surface area contributed by atoms with E-state index in [1.165, 1.54) is 6.07 Å². The lowest BCUT2D eigenvalue weighted by Gasteiger charge is -2.18. The standard InChI is InChI=1S/C19H25N3O4S2/c1-14-6-8-15(9-7-14)16(28(25,26)17-5-4-12-27-17)13-21-19(24)18(23)20-10-11-22(2)3/h4-9,12,16H,10-11,13H2,1-3H3,(H,20,23)(H,21,24)/t16-/m0/s1. The SMILES string of the molecule is Cc1ccc([C@H](CNC(=O)C(=O)NCCN(C)C)S(=O)(=O)c2cccs2)cc1. The summed E-state index contributed by atoms with van der Waals surface area (Å²) in [5.74, 6) is -1.63. The third-order valence-corrected chi connectivity index (χ3v) is 7.63. The highest BCUT2D eigenvalue weighted by Gasteiger charge is 2.31. The maximum absolute atomic E-state index is 13.1. The summed E-state index contributed by atoms with van der Waals surface area (Å²) >= 11 is 1.13. The molecule has 28 heavy (non-hydrogen) atoms. The predicted molar refractivity (Wildman–Crippen MR) is 110 cm³/mol. The number of hydrogen-bond acceptors (Lipinski definition) is 6. The first-order chi connectivity index (χ1) is 13.2. The van der Waals surface area contributed by atoms with Crippen molar-refractivity contribution in [3.05, 3.63) is 52.9 Å². The van der Waals surface area contributed by atoms with E-state index in [1.54, 1.807) is 23.6 Å². The van der Waals surface area contributed by atoms with Gasteiger partial charge in [0.1, 0.15) is 9.46 Å². The van der Waals surface area contributed by atoms with Crippen LogP contribution in [0.2, 0.25) is 0 Å². The Morgan fingerprint density at radius 3 is 2.29 bits per heavy atom. The van der Waals surface area contributed by atoms with E-state index in [-0.39, 0.29) is 10.8 Å². The van der Waals surface area contributed by atoms with Crippen LogP contribution < -0.4 is 10.6 Å². The Morgan fingerprint density at radius 2 is 1.71 bits per heavy atom. The van der Waals surface area contributed by atoms with E-state index in [0.717, 1.165) is 16.9 Å². The number of carbonyl (C=O) groups is 2. The van der Waals surface area contributed by atoms with Crippen molar-refractivity contribution in [3.8, 4) is 0 Å². The van der Waals surface area contributed by atoms with Crippen molar-refractivity contribution in [3.63, 3.8) is 0 Å². The molecule has 0 spiro atoms. The van der Waals surface area contributed by atoms with E-state index >= 15 is 0 Å². The second-order valence-corrected chi connectivity index (χ2v) is 9.95. The summed E-state index contributed by atoms with van der Waals surface area (Å²) in [6, 6.07) is 10.3. The molecule has 1 aromatic heterocycles. The second-order valence-electron chi connectivity index (χ2n) is 6.65. The smallest absolute Gasteiger partial charge is 0.309 e. The lowest BCUT2D eigenvalue weighted by atomic mass is 10.1. The molecule has 2 aromatic rings. The van der Waals surface area contributed by atoms with Gasteiger partial charge in [-0.05, 0) is 38.0 Å². The van der Waals surface area contributed by atoms with Crippen LogP contribution >= 0.6 is 11.3 Å². The van der Waals surface area contributed by atoms with E-state index in [1.807, 2.05) is 38.1 Å². The van der Waals surface area contributed by atoms with Crippen molar-refractivity contribution in [2.24, 2.45) is 0 Å². The number of carbonyl (C=O) groups excluding carboxylic acids is 2. The Kier molecular flexibility index (Phi) is 7.73. The number of thiophene rings is 1. The topological polar surface area (TPSA) is 95.6 Å². The van der Waals surface area contributed by atoms with Gasteiger partial charge < -0.3 is 15.5 Å². The number of hydrogen-bond donors (Lipinski definition) is 2. The number of benzene rings is 1. The van der Waals surface area contributed by atoms with Gasteiger partial charge in [-0.25, -0.2) is 8.42 Å². The molecule has 9 heteroatoms. The fourth-order valence-electron chi connectivity index (χ4n) is 2.49. The Morgan fingerprint density at radius 1 is 1.07 bits per heavy atom. The number of sulfone groups is 1. The van der Waals surface area contributed by atoms with Gasteiger partial charge in [0.15, 0.2) is 9.84 Å². The molecule has 0 bridgehead atoms. The highest BCUT2D eigenvalue weighted by molar-refractivity contribution is 7.93. The summed E-state index contributed by atoms with van der Waals surface area (Å²) < 4.78 is 26.3. The first-order valence-corrected chi connectivity index (χ1v) is 11.2. The summed E-state index contributed by atoms with van der Waals surface area (Å²) in [7, 11) is 0.00222. The summed E-state index contributed by atoms with van der Waals surface area (Å²) in [5.41, 5.74) is 1.56. The minimum absolute atomic E-state index is 0.191. The van der Waals surface area contributed by atoms with Crippen LogP contribution in [0.4, 0.5) is 0 Å². The number of amides is 2. The van der Waals surface area contributed by atoms with Gasteiger partial charge in [0, 0.05) is 19.6 Å². The minimum Gasteiger partial charge on any atom is -0.347 e. The molecule has 7 nitrogen and oxygen atoms in total. The average molecular weight is 424 g/mol. The molecule has 2 N–H and O–H groups in total. The van der Waals surface area contributed by atoms with Gasteiger partial charge in [-0.3, -0.25) is 9.59 Å². The van der Waals surface area contributed by atoms with Gasteiger partial charge in [0.25, 0.3) is 0 Å². The van der Waals surface area contributed by atoms with Crippen LogP contribution in [0, 0.1) is 6.92 Å². The van der Waals surface area contributed by atoms with Crippen molar-refractivity contribution in [1.29, 1.82) is 0 Å². The molecule has 0 aliphatic carbocycles. The van der Waals surface area contributed by atoms with E-state index in [2.05, 4.69) is 10.6 Å². The summed E-state index contributed by atoms with van der Waals surface area (Å²) in [6.45, 7) is 2.64. The van der Waals surface area contributed by atoms with Gasteiger partial charge in [-0.15, -0.1) is 11.3 Å². The van der Waals surface area contributed by atoms with Gasteiger partial charge >= 0.3 is 11.8 Å². The number of nitrogens with zero attached hydrogens (tertiary/aromatic N) is 1. The maximum atomic E-state index is 13.1. The van der Waals surface area contributed by atoms with Gasteiger partial charge in [-0.2, -0.15) is 0 Å². The zero-order valence-electron chi connectivity index (χ0n) is 16.1. The molecule has 0 aliphatic heterocycles. The number of nitrogens with one attached hydrogen (secondary N) is 2. The fraction of sp³-hybridized carbons (Fsp3) is 0.368. The molecule has 2 rings (SSSR count). The number of rotatable bonds is 8. The Balaban J connectivity index is 2.14. The largest absolute Gasteiger partial charge is 0.347 e. The summed E-state index contributed by atoms with van der Waals surface area (Å²) in [6.07, 6.45) is 0. The minimum atomic E-state index is -3.71. The highest BCUT2D eigenvalue weighted by Crippen LogP contribution is 2.31.